The van der Waals surface area contributed by atoms with Crippen molar-refractivity contribution in [2.45, 2.75) is 37.6 Å². The summed E-state index contributed by atoms with van der Waals surface area (Å²) >= 11 is 7.41. The van der Waals surface area contributed by atoms with Gasteiger partial charge in [0.15, 0.2) is 0 Å². The molecule has 1 unspecified atom stereocenters. The van der Waals surface area contributed by atoms with Gasteiger partial charge in [0.2, 0.25) is 5.91 Å². The molecule has 3 aromatic rings. The molecule has 7 heteroatoms. The van der Waals surface area contributed by atoms with E-state index in [1.807, 2.05) is 73.7 Å². The summed E-state index contributed by atoms with van der Waals surface area (Å²) < 4.78 is 5.72. The summed E-state index contributed by atoms with van der Waals surface area (Å²) in [6.45, 7) is 4.68. The van der Waals surface area contributed by atoms with Crippen LogP contribution in [0.4, 0.5) is 5.69 Å². The topological polar surface area (TPSA) is 58.6 Å². The smallest absolute Gasteiger partial charge is 0.265 e. The molecule has 4 rings (SSSR count). The lowest BCUT2D eigenvalue weighted by molar-refractivity contribution is -0.122. The van der Waals surface area contributed by atoms with Crippen LogP contribution in [0.5, 0.6) is 5.75 Å². The van der Waals surface area contributed by atoms with Gasteiger partial charge in [0.25, 0.3) is 5.91 Å². The highest BCUT2D eigenvalue weighted by atomic mass is 35.5. The molecule has 186 valence electrons. The van der Waals surface area contributed by atoms with Crippen LogP contribution in [0, 0.1) is 0 Å². The molecule has 1 atom stereocenters. The molecule has 0 radical (unpaired) electrons. The second-order valence-corrected chi connectivity index (χ2v) is 10.1. The van der Waals surface area contributed by atoms with Gasteiger partial charge >= 0.3 is 0 Å². The number of anilines is 1. The van der Waals surface area contributed by atoms with Crippen molar-refractivity contribution in [2.75, 3.05) is 18.1 Å². The van der Waals surface area contributed by atoms with Crippen LogP contribution in [0.25, 0.3) is 6.08 Å². The summed E-state index contributed by atoms with van der Waals surface area (Å²) in [4.78, 5) is 29.5. The van der Waals surface area contributed by atoms with Crippen molar-refractivity contribution in [3.8, 4) is 5.75 Å². The Bertz CT molecular complexity index is 1240. The van der Waals surface area contributed by atoms with Gasteiger partial charge < -0.3 is 10.1 Å². The van der Waals surface area contributed by atoms with Crippen LogP contribution >= 0.6 is 23.4 Å². The molecule has 5 nitrogen and oxygen atoms in total. The highest BCUT2D eigenvalue weighted by molar-refractivity contribution is 8.04. The number of amides is 2. The average Bonchev–Trinajstić information content (AvgIpc) is 2.88. The maximum Gasteiger partial charge on any atom is 0.265 e. The second kappa shape index (κ2) is 12.2. The largest absolute Gasteiger partial charge is 0.494 e. The molecule has 1 heterocycles. The fourth-order valence-electron chi connectivity index (χ4n) is 3.83. The SMILES string of the molecule is CCCCOc1ccc(C(C)NC(=O)CN2C(=O)/C(=C/c3ccc(Cl)cc3)Sc3ccccc32)cc1. The lowest BCUT2D eigenvalue weighted by Gasteiger charge is -2.30. The predicted molar refractivity (Wildman–Crippen MR) is 147 cm³/mol. The van der Waals surface area contributed by atoms with Crippen molar-refractivity contribution in [3.63, 3.8) is 0 Å². The third kappa shape index (κ3) is 6.50. The molecular formula is C29H29ClN2O3S. The Labute approximate surface area is 221 Å². The molecule has 0 saturated heterocycles. The number of halogens is 1. The van der Waals surface area contributed by atoms with Crippen molar-refractivity contribution >= 4 is 46.9 Å². The molecule has 0 bridgehead atoms. The summed E-state index contributed by atoms with van der Waals surface area (Å²) in [5.74, 6) is 0.385. The first kappa shape index (κ1) is 25.9. The van der Waals surface area contributed by atoms with E-state index in [2.05, 4.69) is 12.2 Å². The molecule has 1 aliphatic heterocycles. The molecule has 0 spiro atoms. The molecule has 1 aliphatic rings. The maximum absolute atomic E-state index is 13.4. The number of ether oxygens (including phenoxy) is 1. The lowest BCUT2D eigenvalue weighted by Crippen LogP contribution is -2.43. The Balaban J connectivity index is 1.46. The van der Waals surface area contributed by atoms with Crippen molar-refractivity contribution in [3.05, 3.63) is 93.9 Å². The van der Waals surface area contributed by atoms with Crippen LogP contribution in [0.15, 0.2) is 82.6 Å². The molecular weight excluding hydrogens is 492 g/mol. The number of hydrogen-bond donors (Lipinski definition) is 1. The van der Waals surface area contributed by atoms with E-state index in [-0.39, 0.29) is 24.4 Å². The van der Waals surface area contributed by atoms with Gasteiger partial charge in [-0.25, -0.2) is 0 Å². The van der Waals surface area contributed by atoms with Crippen molar-refractivity contribution < 1.29 is 14.3 Å². The van der Waals surface area contributed by atoms with Crippen molar-refractivity contribution in [1.29, 1.82) is 0 Å². The number of rotatable bonds is 9. The first-order chi connectivity index (χ1) is 17.4. The molecule has 0 aliphatic carbocycles. The lowest BCUT2D eigenvalue weighted by atomic mass is 10.1. The maximum atomic E-state index is 13.4. The highest BCUT2D eigenvalue weighted by Crippen LogP contribution is 2.42. The van der Waals surface area contributed by atoms with Gasteiger partial charge in [-0.15, -0.1) is 0 Å². The van der Waals surface area contributed by atoms with E-state index in [4.69, 9.17) is 16.3 Å². The zero-order valence-electron chi connectivity index (χ0n) is 20.4. The van der Waals surface area contributed by atoms with Crippen LogP contribution in [0.1, 0.15) is 43.9 Å². The number of unbranched alkanes of at least 4 members (excludes halogenated alkanes) is 1. The molecule has 0 aromatic heterocycles. The van der Waals surface area contributed by atoms with Gasteiger partial charge in [-0.3, -0.25) is 14.5 Å². The van der Waals surface area contributed by atoms with Crippen molar-refractivity contribution in [1.82, 2.24) is 5.32 Å². The number of carbonyl (C=O) groups is 2. The minimum Gasteiger partial charge on any atom is -0.494 e. The number of hydrogen-bond acceptors (Lipinski definition) is 4. The summed E-state index contributed by atoms with van der Waals surface area (Å²) in [5.41, 5.74) is 2.57. The van der Waals surface area contributed by atoms with E-state index in [1.165, 1.54) is 11.8 Å². The second-order valence-electron chi connectivity index (χ2n) is 8.58. The summed E-state index contributed by atoms with van der Waals surface area (Å²) in [6, 6.07) is 22.5. The first-order valence-corrected chi connectivity index (χ1v) is 13.2. The van der Waals surface area contributed by atoms with E-state index in [0.29, 0.717) is 16.5 Å². The Morgan fingerprint density at radius 3 is 2.53 bits per heavy atom. The summed E-state index contributed by atoms with van der Waals surface area (Å²) in [6.07, 6.45) is 3.93. The summed E-state index contributed by atoms with van der Waals surface area (Å²) in [7, 11) is 0. The van der Waals surface area contributed by atoms with E-state index >= 15 is 0 Å². The number of nitrogens with zero attached hydrogens (tertiary/aromatic N) is 1. The van der Waals surface area contributed by atoms with Gasteiger partial charge in [0.1, 0.15) is 12.3 Å². The third-order valence-corrected chi connectivity index (χ3v) is 7.16. The number of nitrogens with one attached hydrogen (secondary N) is 1. The van der Waals surface area contributed by atoms with E-state index in [0.717, 1.165) is 40.3 Å². The van der Waals surface area contributed by atoms with Gasteiger partial charge in [0, 0.05) is 9.92 Å². The van der Waals surface area contributed by atoms with E-state index < -0.39 is 0 Å². The molecule has 2 amide bonds. The molecule has 3 aromatic carbocycles. The van der Waals surface area contributed by atoms with E-state index in [1.54, 1.807) is 17.0 Å². The number of para-hydroxylation sites is 1. The number of thioether (sulfide) groups is 1. The van der Waals surface area contributed by atoms with Gasteiger partial charge in [-0.05, 0) is 66.9 Å². The van der Waals surface area contributed by atoms with E-state index in [9.17, 15) is 9.59 Å². The van der Waals surface area contributed by atoms with Gasteiger partial charge in [0.05, 0.1) is 23.2 Å². The predicted octanol–water partition coefficient (Wildman–Crippen LogP) is 6.88. The zero-order valence-corrected chi connectivity index (χ0v) is 21.9. The standard InChI is InChI=1S/C29H29ClN2O3S/c1-3-4-17-35-24-15-11-22(12-16-24)20(2)31-28(33)19-32-25-7-5-6-8-26(25)36-27(29(32)34)18-21-9-13-23(30)14-10-21/h5-16,18,20H,3-4,17,19H2,1-2H3,(H,31,33)/b27-18-. The van der Waals surface area contributed by atoms with Gasteiger partial charge in [-0.2, -0.15) is 0 Å². The van der Waals surface area contributed by atoms with Gasteiger partial charge in [-0.1, -0.05) is 73.1 Å². The Kier molecular flexibility index (Phi) is 8.73. The normalized spacial score (nSPS) is 14.9. The molecule has 0 saturated carbocycles. The Morgan fingerprint density at radius 1 is 1.08 bits per heavy atom. The summed E-state index contributed by atoms with van der Waals surface area (Å²) in [5, 5.41) is 3.66. The minimum absolute atomic E-state index is 0.0725. The van der Waals surface area contributed by atoms with Crippen LogP contribution in [-0.2, 0) is 9.59 Å². The van der Waals surface area contributed by atoms with Crippen LogP contribution < -0.4 is 15.0 Å². The number of benzene rings is 3. The molecule has 0 fully saturated rings. The minimum atomic E-state index is -0.230. The van der Waals surface area contributed by atoms with Crippen molar-refractivity contribution in [2.24, 2.45) is 0 Å². The number of carbonyl (C=O) groups excluding carboxylic acids is 2. The first-order valence-electron chi connectivity index (χ1n) is 12.0. The Hall–Kier alpha value is -3.22. The number of fused-ring (bicyclic) bond motifs is 1. The molecule has 36 heavy (non-hydrogen) atoms. The highest BCUT2D eigenvalue weighted by Gasteiger charge is 2.30. The van der Waals surface area contributed by atoms with Crippen LogP contribution in [0.3, 0.4) is 0 Å². The quantitative estimate of drug-likeness (QED) is 0.247. The zero-order chi connectivity index (χ0) is 25.5. The average molecular weight is 521 g/mol. The van der Waals surface area contributed by atoms with Crippen LogP contribution in [-0.4, -0.2) is 25.0 Å². The fraction of sp³-hybridized carbons (Fsp3) is 0.241. The Morgan fingerprint density at radius 2 is 1.81 bits per heavy atom. The van der Waals surface area contributed by atoms with Crippen LogP contribution in [0.2, 0.25) is 5.02 Å². The third-order valence-electron chi connectivity index (χ3n) is 5.83. The fourth-order valence-corrected chi connectivity index (χ4v) is 5.02. The molecule has 1 N–H and O–H groups in total. The monoisotopic (exact) mass is 520 g/mol.